The molecule has 0 amide bonds. The van der Waals surface area contributed by atoms with Gasteiger partial charge < -0.3 is 4.48 Å². The van der Waals surface area contributed by atoms with Crippen molar-refractivity contribution in [1.82, 2.24) is 4.31 Å². The highest BCUT2D eigenvalue weighted by Crippen LogP contribution is 2.58. The predicted molar refractivity (Wildman–Crippen MR) is 84.1 cm³/mol. The molecular formula is C14H22F11N2O2S+. The van der Waals surface area contributed by atoms with Crippen LogP contribution in [0.3, 0.4) is 0 Å². The summed E-state index contributed by atoms with van der Waals surface area (Å²) in [5.41, 5.74) is 0. The maximum absolute atomic E-state index is 14.0. The van der Waals surface area contributed by atoms with E-state index in [9.17, 15) is 56.7 Å². The summed E-state index contributed by atoms with van der Waals surface area (Å²) in [6, 6.07) is 0. The molecule has 0 saturated carbocycles. The van der Waals surface area contributed by atoms with Gasteiger partial charge in [0.1, 0.15) is 0 Å². The normalized spacial score (nSPS) is 15.7. The van der Waals surface area contributed by atoms with Gasteiger partial charge in [0.15, 0.2) is 0 Å². The predicted octanol–water partition coefficient (Wildman–Crippen LogP) is 4.19. The van der Waals surface area contributed by atoms with Gasteiger partial charge in [-0.25, -0.2) is 8.42 Å². The standard InChI is InChI=1S/C14H22F11N2O2S/c1-5-26(8-7-9-27(3,4)6-2)30(28,29)14(24,25)12(19,20)10(15,16)11(17,18)13(21,22)23/h5-9H2,1-4H3/q+1. The first kappa shape index (κ1) is 29.1. The molecule has 0 N–H and O–H groups in total. The van der Waals surface area contributed by atoms with Gasteiger partial charge in [-0.1, -0.05) is 6.92 Å². The Morgan fingerprint density at radius 2 is 1.20 bits per heavy atom. The van der Waals surface area contributed by atoms with Crippen molar-refractivity contribution >= 4 is 10.0 Å². The molecule has 30 heavy (non-hydrogen) atoms. The van der Waals surface area contributed by atoms with Gasteiger partial charge in [0.2, 0.25) is 0 Å². The van der Waals surface area contributed by atoms with Crippen molar-refractivity contribution in [3.8, 4) is 0 Å². The molecule has 0 aromatic heterocycles. The number of sulfonamides is 1. The first-order chi connectivity index (χ1) is 13.0. The van der Waals surface area contributed by atoms with Crippen LogP contribution in [-0.2, 0) is 10.0 Å². The van der Waals surface area contributed by atoms with E-state index in [-0.39, 0.29) is 21.8 Å². The molecule has 16 heteroatoms. The molecular weight excluding hydrogens is 469 g/mol. The van der Waals surface area contributed by atoms with Gasteiger partial charge in [-0.05, 0) is 6.92 Å². The highest BCUT2D eigenvalue weighted by Gasteiger charge is 2.89. The minimum atomic E-state index is -7.77. The largest absolute Gasteiger partial charge is 0.460 e. The van der Waals surface area contributed by atoms with E-state index < -0.39 is 52.3 Å². The molecule has 0 heterocycles. The molecule has 4 nitrogen and oxygen atoms in total. The van der Waals surface area contributed by atoms with E-state index in [1.807, 2.05) is 0 Å². The highest BCUT2D eigenvalue weighted by atomic mass is 32.2. The summed E-state index contributed by atoms with van der Waals surface area (Å²) in [7, 11) is -3.47. The van der Waals surface area contributed by atoms with Gasteiger partial charge in [0.05, 0.1) is 27.2 Å². The topological polar surface area (TPSA) is 37.4 Å². The van der Waals surface area contributed by atoms with Crippen LogP contribution in [0.25, 0.3) is 0 Å². The fourth-order valence-corrected chi connectivity index (χ4v) is 3.65. The molecule has 0 aliphatic carbocycles. The zero-order valence-electron chi connectivity index (χ0n) is 16.3. The summed E-state index contributed by atoms with van der Waals surface area (Å²) in [4.78, 5) is 0. The summed E-state index contributed by atoms with van der Waals surface area (Å²) in [6.07, 6.45) is -7.57. The van der Waals surface area contributed by atoms with Crippen LogP contribution in [-0.4, -0.2) is 86.7 Å². The van der Waals surface area contributed by atoms with E-state index in [1.54, 1.807) is 21.0 Å². The Morgan fingerprint density at radius 3 is 1.53 bits per heavy atom. The minimum Gasteiger partial charge on any atom is -0.329 e. The molecule has 0 spiro atoms. The van der Waals surface area contributed by atoms with Crippen molar-refractivity contribution in [3.05, 3.63) is 0 Å². The lowest BCUT2D eigenvalue weighted by atomic mass is 10.0. The summed E-state index contributed by atoms with van der Waals surface area (Å²) in [5.74, 6) is -23.0. The van der Waals surface area contributed by atoms with Crippen LogP contribution in [0.1, 0.15) is 20.3 Å². The molecule has 0 radical (unpaired) electrons. The maximum Gasteiger partial charge on any atom is 0.460 e. The van der Waals surface area contributed by atoms with Crippen LogP contribution < -0.4 is 0 Å². The molecule has 0 aliphatic heterocycles. The van der Waals surface area contributed by atoms with Crippen LogP contribution >= 0.6 is 0 Å². The highest BCUT2D eigenvalue weighted by molar-refractivity contribution is 7.90. The third kappa shape index (κ3) is 4.79. The first-order valence-corrected chi connectivity index (χ1v) is 9.81. The molecule has 0 aliphatic rings. The van der Waals surface area contributed by atoms with E-state index in [0.717, 1.165) is 6.92 Å². The van der Waals surface area contributed by atoms with E-state index in [0.29, 0.717) is 6.54 Å². The number of halogens is 11. The Hall–Kier alpha value is -0.900. The molecule has 0 aromatic rings. The average Bonchev–Trinajstić information content (AvgIpc) is 2.56. The quantitative estimate of drug-likeness (QED) is 0.321. The molecule has 0 aromatic carbocycles. The molecule has 0 fully saturated rings. The van der Waals surface area contributed by atoms with E-state index >= 15 is 0 Å². The van der Waals surface area contributed by atoms with Crippen LogP contribution in [0.4, 0.5) is 48.3 Å². The second-order valence-corrected chi connectivity index (χ2v) is 9.04. The van der Waals surface area contributed by atoms with Crippen LogP contribution in [0, 0.1) is 0 Å². The summed E-state index contributed by atoms with van der Waals surface area (Å²) < 4.78 is 168. The number of hydrogen-bond donors (Lipinski definition) is 0. The molecule has 182 valence electrons. The van der Waals surface area contributed by atoms with Crippen LogP contribution in [0.5, 0.6) is 0 Å². The van der Waals surface area contributed by atoms with Gasteiger partial charge >= 0.3 is 29.2 Å². The van der Waals surface area contributed by atoms with E-state index in [2.05, 4.69) is 0 Å². The monoisotopic (exact) mass is 491 g/mol. The van der Waals surface area contributed by atoms with Gasteiger partial charge in [-0.2, -0.15) is 52.6 Å². The Kier molecular flexibility index (Phi) is 8.30. The Bertz CT molecular complexity index is 690. The number of rotatable bonds is 11. The third-order valence-corrected chi connectivity index (χ3v) is 6.58. The Morgan fingerprint density at radius 1 is 0.767 bits per heavy atom. The van der Waals surface area contributed by atoms with Crippen molar-refractivity contribution in [2.24, 2.45) is 0 Å². The van der Waals surface area contributed by atoms with Crippen LogP contribution in [0.15, 0.2) is 0 Å². The van der Waals surface area contributed by atoms with Crippen molar-refractivity contribution in [3.63, 3.8) is 0 Å². The number of alkyl halides is 11. The average molecular weight is 491 g/mol. The zero-order valence-corrected chi connectivity index (χ0v) is 17.1. The lowest BCUT2D eigenvalue weighted by Crippen LogP contribution is -2.69. The van der Waals surface area contributed by atoms with Crippen molar-refractivity contribution in [1.29, 1.82) is 0 Å². The second-order valence-electron chi connectivity index (χ2n) is 7.06. The van der Waals surface area contributed by atoms with Gasteiger partial charge in [0, 0.05) is 19.5 Å². The molecule has 0 bridgehead atoms. The molecule has 0 saturated heterocycles. The number of hydrogen-bond acceptors (Lipinski definition) is 2. The van der Waals surface area contributed by atoms with E-state index in [1.165, 1.54) is 0 Å². The molecule has 0 unspecified atom stereocenters. The fourth-order valence-electron chi connectivity index (χ4n) is 2.16. The lowest BCUT2D eigenvalue weighted by molar-refractivity contribution is -0.888. The Balaban J connectivity index is 6.10. The van der Waals surface area contributed by atoms with Crippen molar-refractivity contribution in [2.75, 3.05) is 40.3 Å². The van der Waals surface area contributed by atoms with Gasteiger partial charge in [-0.3, -0.25) is 0 Å². The van der Waals surface area contributed by atoms with Gasteiger partial charge in [0.25, 0.3) is 10.0 Å². The SMILES string of the molecule is CCN(CCC[N+](C)(C)CC)S(=O)(=O)C(F)(F)C(F)(F)C(F)(F)C(F)(F)C(F)(F)F. The van der Waals surface area contributed by atoms with Crippen LogP contribution in [0.2, 0.25) is 0 Å². The zero-order chi connectivity index (χ0) is 24.6. The van der Waals surface area contributed by atoms with Gasteiger partial charge in [-0.15, -0.1) is 0 Å². The lowest BCUT2D eigenvalue weighted by Gasteiger charge is -2.38. The number of nitrogens with zero attached hydrogens (tertiary/aromatic N) is 2. The minimum absolute atomic E-state index is 0.132. The summed E-state index contributed by atoms with van der Waals surface area (Å²) in [6.45, 7) is 1.38. The van der Waals surface area contributed by atoms with Crippen molar-refractivity contribution < 1.29 is 61.2 Å². The summed E-state index contributed by atoms with van der Waals surface area (Å²) >= 11 is 0. The maximum atomic E-state index is 14.0. The third-order valence-electron chi connectivity index (χ3n) is 4.55. The fraction of sp³-hybridized carbons (Fsp3) is 1.00. The number of quaternary nitrogens is 1. The Labute approximate surface area is 166 Å². The molecule has 0 rings (SSSR count). The van der Waals surface area contributed by atoms with E-state index in [4.69, 9.17) is 0 Å². The van der Waals surface area contributed by atoms with Crippen molar-refractivity contribution in [2.45, 2.75) is 49.5 Å². The first-order valence-electron chi connectivity index (χ1n) is 8.37. The summed E-state index contributed by atoms with van der Waals surface area (Å²) in [5, 5.41) is -6.97. The smallest absolute Gasteiger partial charge is 0.329 e. The second kappa shape index (κ2) is 8.56. The molecule has 0 atom stereocenters.